The Bertz CT molecular complexity index is 270. The summed E-state index contributed by atoms with van der Waals surface area (Å²) < 4.78 is 2.00. The van der Waals surface area contributed by atoms with Crippen molar-refractivity contribution in [2.24, 2.45) is 0 Å². The summed E-state index contributed by atoms with van der Waals surface area (Å²) in [6.45, 7) is 5.31. The van der Waals surface area contributed by atoms with Crippen LogP contribution in [0.4, 0.5) is 0 Å². The zero-order chi connectivity index (χ0) is 10.4. The Morgan fingerprint density at radius 2 is 2.07 bits per heavy atom. The Morgan fingerprint density at radius 1 is 1.29 bits per heavy atom. The zero-order valence-corrected chi connectivity index (χ0v) is 9.72. The van der Waals surface area contributed by atoms with E-state index in [4.69, 9.17) is 11.6 Å². The molecule has 80 valence electrons. The molecule has 0 bridgehead atoms. The number of hydrogen-bond acceptors (Lipinski definition) is 2. The van der Waals surface area contributed by atoms with E-state index in [1.807, 2.05) is 4.68 Å². The average Bonchev–Trinajstić information content (AvgIpc) is 2.58. The first-order chi connectivity index (χ1) is 6.83. The molecule has 0 fully saturated rings. The average molecular weight is 216 g/mol. The van der Waals surface area contributed by atoms with E-state index < -0.39 is 0 Å². The summed E-state index contributed by atoms with van der Waals surface area (Å²) in [5.74, 6) is 0.474. The quantitative estimate of drug-likeness (QED) is 0.684. The molecule has 4 heteroatoms. The van der Waals surface area contributed by atoms with Crippen molar-refractivity contribution in [3.05, 3.63) is 11.4 Å². The second-order valence-electron chi connectivity index (χ2n) is 3.44. The van der Waals surface area contributed by atoms with E-state index in [2.05, 4.69) is 24.2 Å². The van der Waals surface area contributed by atoms with Crippen molar-refractivity contribution < 1.29 is 0 Å². The number of hydrogen-bond donors (Lipinski definition) is 0. The molecule has 3 nitrogen and oxygen atoms in total. The molecule has 1 rings (SSSR count). The van der Waals surface area contributed by atoms with Crippen LogP contribution >= 0.6 is 11.6 Å². The number of alkyl halides is 1. The maximum absolute atomic E-state index is 5.80. The fourth-order valence-electron chi connectivity index (χ4n) is 1.47. The van der Waals surface area contributed by atoms with E-state index in [1.54, 1.807) is 0 Å². The second kappa shape index (κ2) is 6.02. The van der Waals surface area contributed by atoms with E-state index in [0.717, 1.165) is 31.5 Å². The molecule has 0 aromatic carbocycles. The molecular weight excluding hydrogens is 198 g/mol. The van der Waals surface area contributed by atoms with Crippen molar-refractivity contribution >= 4 is 11.6 Å². The Morgan fingerprint density at radius 3 is 2.64 bits per heavy atom. The van der Waals surface area contributed by atoms with Gasteiger partial charge in [0, 0.05) is 6.54 Å². The molecule has 0 radical (unpaired) electrons. The lowest BCUT2D eigenvalue weighted by atomic mass is 10.2. The van der Waals surface area contributed by atoms with Crippen LogP contribution in [0.5, 0.6) is 0 Å². The molecule has 0 aliphatic heterocycles. The first kappa shape index (κ1) is 11.5. The van der Waals surface area contributed by atoms with Crippen LogP contribution < -0.4 is 0 Å². The van der Waals surface area contributed by atoms with Crippen LogP contribution in [0.3, 0.4) is 0 Å². The highest BCUT2D eigenvalue weighted by Gasteiger charge is 2.09. The highest BCUT2D eigenvalue weighted by molar-refractivity contribution is 6.16. The lowest BCUT2D eigenvalue weighted by molar-refractivity contribution is 0.530. The maximum Gasteiger partial charge on any atom is 0.101 e. The fourth-order valence-corrected chi connectivity index (χ4v) is 1.68. The summed E-state index contributed by atoms with van der Waals surface area (Å²) in [5, 5.41) is 8.21. The lowest BCUT2D eigenvalue weighted by Crippen LogP contribution is -2.05. The predicted molar refractivity (Wildman–Crippen MR) is 58.5 cm³/mol. The molecule has 0 spiro atoms. The molecule has 0 amide bonds. The van der Waals surface area contributed by atoms with Gasteiger partial charge in [-0.2, -0.15) is 0 Å². The number of nitrogens with zero attached hydrogens (tertiary/aromatic N) is 3. The molecule has 0 N–H and O–H groups in total. The van der Waals surface area contributed by atoms with Gasteiger partial charge in [0.05, 0.1) is 11.6 Å². The van der Waals surface area contributed by atoms with Gasteiger partial charge in [-0.25, -0.2) is 4.68 Å². The molecule has 0 unspecified atom stereocenters. The van der Waals surface area contributed by atoms with Gasteiger partial charge >= 0.3 is 0 Å². The van der Waals surface area contributed by atoms with Crippen LogP contribution in [-0.2, 0) is 18.8 Å². The van der Waals surface area contributed by atoms with Gasteiger partial charge in [-0.15, -0.1) is 16.7 Å². The predicted octanol–water partition coefficient (Wildman–Crippen LogP) is 2.77. The van der Waals surface area contributed by atoms with Crippen LogP contribution in [0.25, 0.3) is 0 Å². The van der Waals surface area contributed by atoms with Crippen LogP contribution in [0, 0.1) is 0 Å². The van der Waals surface area contributed by atoms with Crippen molar-refractivity contribution in [2.75, 3.05) is 0 Å². The molecule has 0 atom stereocenters. The number of aromatic nitrogens is 3. The monoisotopic (exact) mass is 215 g/mol. The summed E-state index contributed by atoms with van der Waals surface area (Å²) in [4.78, 5) is 0. The number of aryl methyl sites for hydroxylation is 1. The minimum atomic E-state index is 0.474. The van der Waals surface area contributed by atoms with Crippen LogP contribution in [-0.4, -0.2) is 15.0 Å². The van der Waals surface area contributed by atoms with Crippen LogP contribution in [0.2, 0.25) is 0 Å². The molecule has 0 saturated heterocycles. The minimum Gasteiger partial charge on any atom is -0.249 e. The third kappa shape index (κ3) is 2.71. The third-order valence-corrected chi connectivity index (χ3v) is 2.51. The van der Waals surface area contributed by atoms with Crippen LogP contribution in [0.1, 0.15) is 44.5 Å². The van der Waals surface area contributed by atoms with Gasteiger partial charge in [0.2, 0.25) is 0 Å². The SMILES string of the molecule is CCCCn1nnc(CCl)c1CCC. The summed E-state index contributed by atoms with van der Waals surface area (Å²) in [5.41, 5.74) is 2.17. The van der Waals surface area contributed by atoms with Gasteiger partial charge in [0.15, 0.2) is 0 Å². The van der Waals surface area contributed by atoms with E-state index in [-0.39, 0.29) is 0 Å². The standard InChI is InChI=1S/C10H18ClN3/c1-3-5-7-14-10(6-4-2)9(8-11)12-13-14/h3-8H2,1-2H3. The van der Waals surface area contributed by atoms with Crippen molar-refractivity contribution in [3.63, 3.8) is 0 Å². The summed E-state index contributed by atoms with van der Waals surface area (Å²) in [7, 11) is 0. The first-order valence-electron chi connectivity index (χ1n) is 5.30. The summed E-state index contributed by atoms with van der Waals surface area (Å²) in [6.07, 6.45) is 4.48. The highest BCUT2D eigenvalue weighted by atomic mass is 35.5. The van der Waals surface area contributed by atoms with Crippen LogP contribution in [0.15, 0.2) is 0 Å². The van der Waals surface area contributed by atoms with Gasteiger partial charge in [0.25, 0.3) is 0 Å². The van der Waals surface area contributed by atoms with E-state index in [1.165, 1.54) is 12.1 Å². The Kier molecular flexibility index (Phi) is 4.94. The van der Waals surface area contributed by atoms with Crippen molar-refractivity contribution in [1.29, 1.82) is 0 Å². The second-order valence-corrected chi connectivity index (χ2v) is 3.71. The number of rotatable bonds is 6. The molecule has 0 aliphatic rings. The lowest BCUT2D eigenvalue weighted by Gasteiger charge is -2.04. The Hall–Kier alpha value is -0.570. The highest BCUT2D eigenvalue weighted by Crippen LogP contribution is 2.11. The van der Waals surface area contributed by atoms with Crippen molar-refractivity contribution in [2.45, 2.75) is 52.0 Å². The van der Waals surface area contributed by atoms with Gasteiger partial charge in [0.1, 0.15) is 5.69 Å². The molecule has 1 heterocycles. The first-order valence-corrected chi connectivity index (χ1v) is 5.84. The Balaban J connectivity index is 2.75. The fraction of sp³-hybridized carbons (Fsp3) is 0.800. The van der Waals surface area contributed by atoms with E-state index in [0.29, 0.717) is 5.88 Å². The normalized spacial score (nSPS) is 10.8. The Labute approximate surface area is 90.4 Å². The summed E-state index contributed by atoms with van der Waals surface area (Å²) >= 11 is 5.80. The molecule has 1 aromatic heterocycles. The van der Waals surface area contributed by atoms with Gasteiger partial charge in [-0.3, -0.25) is 0 Å². The zero-order valence-electron chi connectivity index (χ0n) is 8.96. The van der Waals surface area contributed by atoms with Gasteiger partial charge in [-0.05, 0) is 12.8 Å². The molecule has 0 saturated carbocycles. The molecule has 14 heavy (non-hydrogen) atoms. The topological polar surface area (TPSA) is 30.7 Å². The number of halogens is 1. The van der Waals surface area contributed by atoms with E-state index >= 15 is 0 Å². The summed E-state index contributed by atoms with van der Waals surface area (Å²) in [6, 6.07) is 0. The van der Waals surface area contributed by atoms with Gasteiger partial charge in [-0.1, -0.05) is 31.9 Å². The van der Waals surface area contributed by atoms with Crippen molar-refractivity contribution in [1.82, 2.24) is 15.0 Å². The molecule has 0 aliphatic carbocycles. The third-order valence-electron chi connectivity index (χ3n) is 2.25. The van der Waals surface area contributed by atoms with E-state index in [9.17, 15) is 0 Å². The molecular formula is C10H18ClN3. The minimum absolute atomic E-state index is 0.474. The van der Waals surface area contributed by atoms with Crippen molar-refractivity contribution in [3.8, 4) is 0 Å². The number of unbranched alkanes of at least 4 members (excludes halogenated alkanes) is 1. The smallest absolute Gasteiger partial charge is 0.101 e. The molecule has 1 aromatic rings. The largest absolute Gasteiger partial charge is 0.249 e. The maximum atomic E-state index is 5.80. The van der Waals surface area contributed by atoms with Gasteiger partial charge < -0.3 is 0 Å².